The van der Waals surface area contributed by atoms with Crippen molar-refractivity contribution in [3.05, 3.63) is 24.0 Å². The van der Waals surface area contributed by atoms with E-state index in [2.05, 4.69) is 5.10 Å². The summed E-state index contributed by atoms with van der Waals surface area (Å²) in [5, 5.41) is 4.26. The van der Waals surface area contributed by atoms with E-state index in [1.807, 2.05) is 31.1 Å². The number of ether oxygens (including phenoxy) is 1. The van der Waals surface area contributed by atoms with Crippen molar-refractivity contribution in [1.82, 2.24) is 14.7 Å². The first-order valence-corrected chi connectivity index (χ1v) is 6.75. The molecule has 1 aromatic heterocycles. The van der Waals surface area contributed by atoms with Gasteiger partial charge in [0.1, 0.15) is 5.69 Å². The molecule has 0 aromatic carbocycles. The summed E-state index contributed by atoms with van der Waals surface area (Å²) in [7, 11) is 5.53. The molecule has 0 aliphatic heterocycles. The summed E-state index contributed by atoms with van der Waals surface area (Å²) in [6.45, 7) is 1.46. The number of allylic oxidation sites excluding steroid dienone is 1. The number of nitrogens with zero attached hydrogens (tertiary/aromatic N) is 3. The fraction of sp³-hybridized carbons (Fsp3) is 0.571. The lowest BCUT2D eigenvalue weighted by Crippen LogP contribution is -2.24. The van der Waals surface area contributed by atoms with Crippen molar-refractivity contribution in [3.8, 4) is 5.75 Å². The van der Waals surface area contributed by atoms with Gasteiger partial charge in [0.05, 0.1) is 19.9 Å². The Bertz CT molecular complexity index is 507. The minimum absolute atomic E-state index is 0.0299. The highest BCUT2D eigenvalue weighted by Gasteiger charge is 2.29. The zero-order valence-corrected chi connectivity index (χ0v) is 12.2. The van der Waals surface area contributed by atoms with Crippen molar-refractivity contribution in [2.75, 3.05) is 27.7 Å². The van der Waals surface area contributed by atoms with E-state index in [1.54, 1.807) is 18.0 Å². The number of hydrogen-bond donors (Lipinski definition) is 1. The fourth-order valence-electron chi connectivity index (χ4n) is 2.33. The zero-order chi connectivity index (χ0) is 14.7. The van der Waals surface area contributed by atoms with E-state index in [0.717, 1.165) is 6.54 Å². The van der Waals surface area contributed by atoms with Crippen molar-refractivity contribution < 1.29 is 9.53 Å². The van der Waals surface area contributed by atoms with E-state index in [4.69, 9.17) is 10.5 Å². The zero-order valence-electron chi connectivity index (χ0n) is 12.2. The first-order valence-electron chi connectivity index (χ1n) is 6.75. The molecule has 0 bridgehead atoms. The Morgan fingerprint density at radius 3 is 2.85 bits per heavy atom. The lowest BCUT2D eigenvalue weighted by Gasteiger charge is -2.14. The number of nitrogens with two attached hydrogens (primary N) is 1. The molecule has 20 heavy (non-hydrogen) atoms. The lowest BCUT2D eigenvalue weighted by atomic mass is 10.00. The third-order valence-electron chi connectivity index (χ3n) is 3.47. The molecule has 0 spiro atoms. The quantitative estimate of drug-likeness (QED) is 0.607. The Balaban J connectivity index is 2.21. The number of Topliss-reactive ketones (excluding diaryl/α,β-unsaturated/α-hetero) is 1. The van der Waals surface area contributed by atoms with Crippen LogP contribution in [0.1, 0.15) is 16.9 Å². The summed E-state index contributed by atoms with van der Waals surface area (Å²) in [6, 6.07) is -0.0342. The summed E-state index contributed by atoms with van der Waals surface area (Å²) in [5.41, 5.74) is 6.36. The lowest BCUT2D eigenvalue weighted by molar-refractivity contribution is 0.0928. The Morgan fingerprint density at radius 2 is 2.30 bits per heavy atom. The van der Waals surface area contributed by atoms with Gasteiger partial charge in [-0.1, -0.05) is 12.2 Å². The van der Waals surface area contributed by atoms with E-state index in [0.29, 0.717) is 24.4 Å². The molecule has 2 rings (SSSR count). The first kappa shape index (κ1) is 14.7. The van der Waals surface area contributed by atoms with Crippen molar-refractivity contribution >= 4 is 5.78 Å². The maximum Gasteiger partial charge on any atom is 0.191 e. The van der Waals surface area contributed by atoms with Crippen LogP contribution in [0.3, 0.4) is 0 Å². The molecule has 110 valence electrons. The number of ketones is 1. The predicted molar refractivity (Wildman–Crippen MR) is 76.9 cm³/mol. The molecule has 2 N–H and O–H groups in total. The second-order valence-electron chi connectivity index (χ2n) is 5.34. The number of carbonyl (C=O) groups is 1. The molecule has 1 aliphatic carbocycles. The van der Waals surface area contributed by atoms with Crippen LogP contribution < -0.4 is 10.5 Å². The summed E-state index contributed by atoms with van der Waals surface area (Å²) in [4.78, 5) is 14.7. The summed E-state index contributed by atoms with van der Waals surface area (Å²) >= 11 is 0. The molecule has 0 saturated heterocycles. The van der Waals surface area contributed by atoms with Gasteiger partial charge in [-0.2, -0.15) is 5.10 Å². The number of methoxy groups -OCH3 is 1. The molecular formula is C14H22N4O2. The van der Waals surface area contributed by atoms with Crippen LogP contribution in [-0.4, -0.2) is 54.3 Å². The van der Waals surface area contributed by atoms with E-state index in [-0.39, 0.29) is 17.7 Å². The second-order valence-corrected chi connectivity index (χ2v) is 5.34. The number of hydrogen-bond acceptors (Lipinski definition) is 5. The van der Waals surface area contributed by atoms with Crippen molar-refractivity contribution in [2.45, 2.75) is 19.0 Å². The Labute approximate surface area is 119 Å². The van der Waals surface area contributed by atoms with E-state index in [1.165, 1.54) is 0 Å². The minimum atomic E-state index is -0.172. The van der Waals surface area contributed by atoms with Crippen LogP contribution in [0, 0.1) is 5.92 Å². The molecule has 2 atom stereocenters. The highest BCUT2D eigenvalue weighted by molar-refractivity contribution is 6.00. The molecule has 6 heteroatoms. The summed E-state index contributed by atoms with van der Waals surface area (Å²) < 4.78 is 6.99. The van der Waals surface area contributed by atoms with Gasteiger partial charge in [-0.3, -0.25) is 9.48 Å². The standard InChI is InChI=1S/C14H22N4O2/c1-17(2)6-7-18-13(12(20-3)9-16-18)14(19)10-4-5-11(15)8-10/h4-5,9-11H,6-8,15H2,1-3H3. The number of rotatable bonds is 6. The molecule has 0 fully saturated rings. The molecule has 6 nitrogen and oxygen atoms in total. The van der Waals surface area contributed by atoms with Crippen LogP contribution in [0.15, 0.2) is 18.3 Å². The molecule has 0 amide bonds. The van der Waals surface area contributed by atoms with Crippen LogP contribution >= 0.6 is 0 Å². The van der Waals surface area contributed by atoms with E-state index >= 15 is 0 Å². The van der Waals surface area contributed by atoms with Gasteiger partial charge in [-0.25, -0.2) is 0 Å². The SMILES string of the molecule is COc1cnn(CCN(C)C)c1C(=O)C1C=CC(N)C1. The maximum absolute atomic E-state index is 12.6. The Hall–Kier alpha value is -1.66. The average Bonchev–Trinajstić information content (AvgIpc) is 3.01. The second kappa shape index (κ2) is 6.19. The average molecular weight is 278 g/mol. The molecular weight excluding hydrogens is 256 g/mol. The largest absolute Gasteiger partial charge is 0.493 e. The van der Waals surface area contributed by atoms with E-state index < -0.39 is 0 Å². The molecule has 2 unspecified atom stereocenters. The molecule has 1 aromatic rings. The van der Waals surface area contributed by atoms with Crippen molar-refractivity contribution in [2.24, 2.45) is 11.7 Å². The third kappa shape index (κ3) is 3.08. The predicted octanol–water partition coefficient (Wildman–Crippen LogP) is 0.539. The first-order chi connectivity index (χ1) is 9.52. The molecule has 0 radical (unpaired) electrons. The summed E-state index contributed by atoms with van der Waals surface area (Å²) in [5.74, 6) is 0.388. The topological polar surface area (TPSA) is 73.4 Å². The van der Waals surface area contributed by atoms with Crippen LogP contribution in [0.2, 0.25) is 0 Å². The smallest absolute Gasteiger partial charge is 0.191 e. The van der Waals surface area contributed by atoms with Gasteiger partial charge in [0, 0.05) is 18.5 Å². The van der Waals surface area contributed by atoms with Crippen LogP contribution in [0.5, 0.6) is 5.75 Å². The third-order valence-corrected chi connectivity index (χ3v) is 3.47. The molecule has 0 saturated carbocycles. The highest BCUT2D eigenvalue weighted by Crippen LogP contribution is 2.26. The van der Waals surface area contributed by atoms with Crippen LogP contribution in [-0.2, 0) is 6.54 Å². The number of likely N-dealkylation sites (N-methyl/N-ethyl adjacent to an activating group) is 1. The molecule has 1 heterocycles. The van der Waals surface area contributed by atoms with Gasteiger partial charge in [0.25, 0.3) is 0 Å². The Kier molecular flexibility index (Phi) is 4.57. The van der Waals surface area contributed by atoms with E-state index in [9.17, 15) is 4.79 Å². The Morgan fingerprint density at radius 1 is 1.55 bits per heavy atom. The van der Waals surface area contributed by atoms with Crippen LogP contribution in [0.4, 0.5) is 0 Å². The van der Waals surface area contributed by atoms with Gasteiger partial charge < -0.3 is 15.4 Å². The van der Waals surface area contributed by atoms with Gasteiger partial charge in [0.15, 0.2) is 11.5 Å². The van der Waals surface area contributed by atoms with Gasteiger partial charge >= 0.3 is 0 Å². The van der Waals surface area contributed by atoms with Gasteiger partial charge in [0.2, 0.25) is 0 Å². The van der Waals surface area contributed by atoms with Crippen molar-refractivity contribution in [3.63, 3.8) is 0 Å². The highest BCUT2D eigenvalue weighted by atomic mass is 16.5. The maximum atomic E-state index is 12.6. The van der Waals surface area contributed by atoms with Gasteiger partial charge in [-0.05, 0) is 20.5 Å². The minimum Gasteiger partial charge on any atom is -0.493 e. The van der Waals surface area contributed by atoms with Crippen LogP contribution in [0.25, 0.3) is 0 Å². The number of aromatic nitrogens is 2. The van der Waals surface area contributed by atoms with Gasteiger partial charge in [-0.15, -0.1) is 0 Å². The number of carbonyl (C=O) groups excluding carboxylic acids is 1. The fourth-order valence-corrected chi connectivity index (χ4v) is 2.33. The normalized spacial score (nSPS) is 21.6. The monoisotopic (exact) mass is 278 g/mol. The summed E-state index contributed by atoms with van der Waals surface area (Å²) in [6.07, 6.45) is 6.02. The molecule has 1 aliphatic rings. The van der Waals surface area contributed by atoms with Crippen molar-refractivity contribution in [1.29, 1.82) is 0 Å².